The summed E-state index contributed by atoms with van der Waals surface area (Å²) in [6.07, 6.45) is 3.08. The van der Waals surface area contributed by atoms with Crippen molar-refractivity contribution in [3.8, 4) is 5.69 Å². The summed E-state index contributed by atoms with van der Waals surface area (Å²) in [7, 11) is 0. The molecule has 1 fully saturated rings. The quantitative estimate of drug-likeness (QED) is 0.325. The Kier molecular flexibility index (Phi) is 9.32. The summed E-state index contributed by atoms with van der Waals surface area (Å²) in [6, 6.07) is 16.6. The minimum Gasteiger partial charge on any atom is -0.481 e. The molecule has 0 amide bonds. The van der Waals surface area contributed by atoms with Gasteiger partial charge in [-0.05, 0) is 67.3 Å². The summed E-state index contributed by atoms with van der Waals surface area (Å²) in [4.78, 5) is 45.0. The van der Waals surface area contributed by atoms with Crippen LogP contribution in [-0.2, 0) is 20.8 Å². The first-order valence-electron chi connectivity index (χ1n) is 12.2. The average molecular weight is 526 g/mol. The summed E-state index contributed by atoms with van der Waals surface area (Å²) in [5, 5.41) is 40.3. The summed E-state index contributed by atoms with van der Waals surface area (Å²) in [5.74, 6) is -5.02. The van der Waals surface area contributed by atoms with E-state index in [2.05, 4.69) is 41.2 Å². The van der Waals surface area contributed by atoms with Crippen LogP contribution in [0.1, 0.15) is 38.2 Å². The molecule has 0 spiro atoms. The van der Waals surface area contributed by atoms with Gasteiger partial charge in [0.15, 0.2) is 5.60 Å². The highest BCUT2D eigenvalue weighted by molar-refractivity contribution is 5.88. The van der Waals surface area contributed by atoms with Gasteiger partial charge in [-0.25, -0.2) is 4.79 Å². The van der Waals surface area contributed by atoms with Crippen LogP contribution in [0.4, 0.5) is 0 Å². The molecule has 11 heteroatoms. The molecule has 0 unspecified atom stereocenters. The van der Waals surface area contributed by atoms with Crippen molar-refractivity contribution in [1.82, 2.24) is 14.7 Å². The Labute approximate surface area is 218 Å². The zero-order chi connectivity index (χ0) is 27.9. The lowest BCUT2D eigenvalue weighted by molar-refractivity contribution is -0.170. The highest BCUT2D eigenvalue weighted by Crippen LogP contribution is 2.21. The standard InChI is InChI=1S/C21H23N3O.C6H8O7/c1-16-4-3-12-23(16)13-10-17-6-7-19-15-20(9-8-18(19)14-17)24-21(25)5-2-11-22-24;7-3(8)1-6(13,5(11)12)2-4(9)10/h2,5-9,11,14-16H,3-4,10,12-13H2,1H3;13H,1-2H2,(H,7,8)(H,9,10)(H,11,12)/t16-;/m1./s1. The number of aliphatic carboxylic acids is 3. The van der Waals surface area contributed by atoms with E-state index in [1.807, 2.05) is 12.1 Å². The lowest BCUT2D eigenvalue weighted by Gasteiger charge is -2.20. The molecule has 0 radical (unpaired) electrons. The number of carbonyl (C=O) groups is 3. The van der Waals surface area contributed by atoms with Crippen molar-refractivity contribution < 1.29 is 34.8 Å². The zero-order valence-corrected chi connectivity index (χ0v) is 21.0. The highest BCUT2D eigenvalue weighted by atomic mass is 16.4. The van der Waals surface area contributed by atoms with Gasteiger partial charge in [0.2, 0.25) is 0 Å². The number of likely N-dealkylation sites (tertiary alicyclic amines) is 1. The fourth-order valence-electron chi connectivity index (χ4n) is 4.43. The minimum absolute atomic E-state index is 0.113. The molecule has 0 aliphatic carbocycles. The molecule has 202 valence electrons. The van der Waals surface area contributed by atoms with E-state index >= 15 is 0 Å². The maximum atomic E-state index is 11.9. The number of hydrogen-bond acceptors (Lipinski definition) is 7. The molecule has 1 aliphatic heterocycles. The number of fused-ring (bicyclic) bond motifs is 1. The van der Waals surface area contributed by atoms with Crippen LogP contribution in [0.3, 0.4) is 0 Å². The molecule has 4 rings (SSSR count). The van der Waals surface area contributed by atoms with Gasteiger partial charge in [-0.1, -0.05) is 24.3 Å². The molecule has 1 saturated heterocycles. The van der Waals surface area contributed by atoms with Gasteiger partial charge in [-0.15, -0.1) is 0 Å². The van der Waals surface area contributed by atoms with Crippen molar-refractivity contribution in [3.05, 3.63) is 70.6 Å². The average Bonchev–Trinajstić information content (AvgIpc) is 3.26. The second-order valence-corrected chi connectivity index (χ2v) is 9.39. The smallest absolute Gasteiger partial charge is 0.336 e. The van der Waals surface area contributed by atoms with Crippen molar-refractivity contribution in [2.75, 3.05) is 13.1 Å². The molecule has 2 heterocycles. The van der Waals surface area contributed by atoms with Gasteiger partial charge in [0.25, 0.3) is 5.56 Å². The first kappa shape index (κ1) is 28.5. The van der Waals surface area contributed by atoms with E-state index in [0.717, 1.165) is 30.1 Å². The molecule has 0 bridgehead atoms. The van der Waals surface area contributed by atoms with Gasteiger partial charge >= 0.3 is 17.9 Å². The molecule has 11 nitrogen and oxygen atoms in total. The SMILES string of the molecule is C[C@@H]1CCCN1CCc1ccc2cc(-n3ncccc3=O)ccc2c1.O=C(O)CC(O)(CC(=O)O)C(=O)O. The minimum atomic E-state index is -2.74. The fourth-order valence-corrected chi connectivity index (χ4v) is 4.43. The molecule has 1 aromatic heterocycles. The third kappa shape index (κ3) is 7.46. The number of benzene rings is 2. The predicted molar refractivity (Wildman–Crippen MR) is 138 cm³/mol. The monoisotopic (exact) mass is 525 g/mol. The molecule has 0 saturated carbocycles. The molecule has 38 heavy (non-hydrogen) atoms. The Morgan fingerprint density at radius 1 is 1.00 bits per heavy atom. The van der Waals surface area contributed by atoms with Crippen LogP contribution in [0.2, 0.25) is 0 Å². The van der Waals surface area contributed by atoms with Crippen LogP contribution >= 0.6 is 0 Å². The largest absolute Gasteiger partial charge is 0.481 e. The third-order valence-corrected chi connectivity index (χ3v) is 6.51. The summed E-state index contributed by atoms with van der Waals surface area (Å²) < 4.78 is 1.43. The van der Waals surface area contributed by atoms with Crippen LogP contribution in [0.5, 0.6) is 0 Å². The summed E-state index contributed by atoms with van der Waals surface area (Å²) in [6.45, 7) is 4.69. The second-order valence-electron chi connectivity index (χ2n) is 9.39. The number of aromatic nitrogens is 2. The Bertz CT molecular complexity index is 1350. The van der Waals surface area contributed by atoms with Crippen LogP contribution < -0.4 is 5.56 Å². The number of rotatable bonds is 9. The van der Waals surface area contributed by atoms with E-state index in [1.54, 1.807) is 12.3 Å². The van der Waals surface area contributed by atoms with Crippen molar-refractivity contribution in [2.24, 2.45) is 0 Å². The summed E-state index contributed by atoms with van der Waals surface area (Å²) in [5.41, 5.74) is -0.679. The Balaban J connectivity index is 0.000000263. The van der Waals surface area contributed by atoms with Crippen LogP contribution in [0.25, 0.3) is 16.5 Å². The molecular formula is C27H31N3O8. The number of carboxylic acids is 3. The van der Waals surface area contributed by atoms with Gasteiger partial charge in [0.1, 0.15) is 0 Å². The first-order valence-corrected chi connectivity index (χ1v) is 12.2. The highest BCUT2D eigenvalue weighted by Gasteiger charge is 2.40. The third-order valence-electron chi connectivity index (χ3n) is 6.51. The van der Waals surface area contributed by atoms with Crippen LogP contribution in [-0.4, -0.2) is 77.7 Å². The normalized spacial score (nSPS) is 15.6. The maximum Gasteiger partial charge on any atom is 0.336 e. The van der Waals surface area contributed by atoms with E-state index in [0.29, 0.717) is 0 Å². The molecule has 4 N–H and O–H groups in total. The van der Waals surface area contributed by atoms with E-state index in [4.69, 9.17) is 20.4 Å². The molecule has 1 atom stereocenters. The Hall–Kier alpha value is -4.09. The van der Waals surface area contributed by atoms with Crippen molar-refractivity contribution in [2.45, 2.75) is 50.7 Å². The van der Waals surface area contributed by atoms with Gasteiger partial charge in [-0.2, -0.15) is 9.78 Å². The topological polar surface area (TPSA) is 170 Å². The second kappa shape index (κ2) is 12.4. The van der Waals surface area contributed by atoms with E-state index < -0.39 is 36.4 Å². The van der Waals surface area contributed by atoms with Crippen LogP contribution in [0.15, 0.2) is 59.5 Å². The fraction of sp³-hybridized carbons (Fsp3) is 0.370. The molecule has 3 aromatic rings. The molecular weight excluding hydrogens is 494 g/mol. The van der Waals surface area contributed by atoms with Gasteiger partial charge in [0, 0.05) is 24.8 Å². The van der Waals surface area contributed by atoms with E-state index in [9.17, 15) is 19.2 Å². The number of hydrogen-bond donors (Lipinski definition) is 4. The lowest BCUT2D eigenvalue weighted by atomic mass is 9.96. The first-order chi connectivity index (χ1) is 18.0. The lowest BCUT2D eigenvalue weighted by Crippen LogP contribution is -2.42. The number of carboxylic acid groups (broad SMARTS) is 3. The van der Waals surface area contributed by atoms with E-state index in [1.165, 1.54) is 41.1 Å². The number of nitrogens with zero attached hydrogens (tertiary/aromatic N) is 3. The van der Waals surface area contributed by atoms with Crippen molar-refractivity contribution >= 4 is 28.7 Å². The summed E-state index contributed by atoms with van der Waals surface area (Å²) >= 11 is 0. The molecule has 2 aromatic carbocycles. The zero-order valence-electron chi connectivity index (χ0n) is 21.0. The van der Waals surface area contributed by atoms with Gasteiger partial charge in [-0.3, -0.25) is 14.4 Å². The van der Waals surface area contributed by atoms with Crippen molar-refractivity contribution in [3.63, 3.8) is 0 Å². The predicted octanol–water partition coefficient (Wildman–Crippen LogP) is 2.16. The Morgan fingerprint density at radius 2 is 1.66 bits per heavy atom. The van der Waals surface area contributed by atoms with Crippen LogP contribution in [0, 0.1) is 0 Å². The number of aliphatic hydroxyl groups is 1. The maximum absolute atomic E-state index is 11.9. The van der Waals surface area contributed by atoms with Crippen molar-refractivity contribution in [1.29, 1.82) is 0 Å². The Morgan fingerprint density at radius 3 is 2.24 bits per heavy atom. The molecule has 1 aliphatic rings. The van der Waals surface area contributed by atoms with Gasteiger partial charge in [0.05, 0.1) is 18.5 Å². The van der Waals surface area contributed by atoms with E-state index in [-0.39, 0.29) is 5.56 Å². The van der Waals surface area contributed by atoms with Gasteiger partial charge < -0.3 is 25.3 Å².